The van der Waals surface area contributed by atoms with Crippen LogP contribution in [0.1, 0.15) is 5.76 Å². The molecular formula is C12H13FN2O. The molecule has 0 spiro atoms. The summed E-state index contributed by atoms with van der Waals surface area (Å²) in [5, 5.41) is 0. The average Bonchev–Trinajstić information content (AvgIpc) is 2.70. The van der Waals surface area contributed by atoms with E-state index >= 15 is 0 Å². The maximum atomic E-state index is 13.6. The summed E-state index contributed by atoms with van der Waals surface area (Å²) >= 11 is 0. The zero-order chi connectivity index (χ0) is 11.5. The van der Waals surface area contributed by atoms with Crippen LogP contribution in [0, 0.1) is 5.82 Å². The van der Waals surface area contributed by atoms with Crippen molar-refractivity contribution in [2.75, 3.05) is 17.7 Å². The van der Waals surface area contributed by atoms with Crippen LogP contribution in [-0.2, 0) is 6.54 Å². The third-order valence-corrected chi connectivity index (χ3v) is 2.36. The molecule has 0 amide bonds. The Balaban J connectivity index is 2.17. The summed E-state index contributed by atoms with van der Waals surface area (Å²) in [5.74, 6) is 0.466. The summed E-state index contributed by atoms with van der Waals surface area (Å²) in [6.45, 7) is 0.522. The van der Waals surface area contributed by atoms with Gasteiger partial charge in [-0.05, 0) is 30.3 Å². The normalized spacial score (nSPS) is 10.4. The van der Waals surface area contributed by atoms with E-state index in [9.17, 15) is 4.39 Å². The SMILES string of the molecule is CN(Cc1ccco1)c1ccc(N)cc1F. The van der Waals surface area contributed by atoms with E-state index in [1.807, 2.05) is 12.1 Å². The van der Waals surface area contributed by atoms with Gasteiger partial charge in [0.05, 0.1) is 18.5 Å². The van der Waals surface area contributed by atoms with Crippen LogP contribution >= 0.6 is 0 Å². The lowest BCUT2D eigenvalue weighted by molar-refractivity contribution is 0.505. The van der Waals surface area contributed by atoms with Gasteiger partial charge in [-0.25, -0.2) is 4.39 Å². The number of halogens is 1. The van der Waals surface area contributed by atoms with Gasteiger partial charge in [-0.15, -0.1) is 0 Å². The van der Waals surface area contributed by atoms with Crippen molar-refractivity contribution in [1.82, 2.24) is 0 Å². The molecule has 3 nitrogen and oxygen atoms in total. The zero-order valence-corrected chi connectivity index (χ0v) is 8.98. The van der Waals surface area contributed by atoms with E-state index < -0.39 is 0 Å². The minimum Gasteiger partial charge on any atom is -0.467 e. The highest BCUT2D eigenvalue weighted by Crippen LogP contribution is 2.21. The molecule has 4 heteroatoms. The topological polar surface area (TPSA) is 42.4 Å². The smallest absolute Gasteiger partial charge is 0.148 e. The molecule has 0 atom stereocenters. The average molecular weight is 220 g/mol. The number of hydrogen-bond donors (Lipinski definition) is 1. The maximum Gasteiger partial charge on any atom is 0.148 e. The fraction of sp³-hybridized carbons (Fsp3) is 0.167. The van der Waals surface area contributed by atoms with Gasteiger partial charge in [-0.2, -0.15) is 0 Å². The Morgan fingerprint density at radius 2 is 2.19 bits per heavy atom. The highest BCUT2D eigenvalue weighted by Gasteiger charge is 2.09. The van der Waals surface area contributed by atoms with Crippen molar-refractivity contribution in [2.45, 2.75) is 6.54 Å². The van der Waals surface area contributed by atoms with Gasteiger partial charge in [0, 0.05) is 12.7 Å². The third-order valence-electron chi connectivity index (χ3n) is 2.36. The summed E-state index contributed by atoms with van der Waals surface area (Å²) < 4.78 is 18.8. The van der Waals surface area contributed by atoms with Gasteiger partial charge in [-0.1, -0.05) is 0 Å². The Bertz CT molecular complexity index is 468. The first-order valence-corrected chi connectivity index (χ1v) is 4.95. The first-order valence-electron chi connectivity index (χ1n) is 4.95. The fourth-order valence-electron chi connectivity index (χ4n) is 1.55. The summed E-state index contributed by atoms with van der Waals surface area (Å²) in [6, 6.07) is 8.31. The second-order valence-electron chi connectivity index (χ2n) is 3.65. The second-order valence-corrected chi connectivity index (χ2v) is 3.65. The highest BCUT2D eigenvalue weighted by atomic mass is 19.1. The number of nitrogens with zero attached hydrogens (tertiary/aromatic N) is 1. The second kappa shape index (κ2) is 4.26. The monoisotopic (exact) mass is 220 g/mol. The molecule has 0 unspecified atom stereocenters. The highest BCUT2D eigenvalue weighted by molar-refractivity contribution is 5.54. The first kappa shape index (κ1) is 10.5. The Hall–Kier alpha value is -1.97. The van der Waals surface area contributed by atoms with Gasteiger partial charge in [0.1, 0.15) is 11.6 Å². The van der Waals surface area contributed by atoms with Gasteiger partial charge in [0.25, 0.3) is 0 Å². The molecule has 0 aliphatic rings. The van der Waals surface area contributed by atoms with Crippen molar-refractivity contribution in [3.8, 4) is 0 Å². The van der Waals surface area contributed by atoms with Crippen LogP contribution in [0.5, 0.6) is 0 Å². The van der Waals surface area contributed by atoms with Crippen molar-refractivity contribution in [3.05, 3.63) is 48.2 Å². The molecule has 0 radical (unpaired) electrons. The van der Waals surface area contributed by atoms with Gasteiger partial charge in [-0.3, -0.25) is 0 Å². The number of nitrogen functional groups attached to an aromatic ring is 1. The van der Waals surface area contributed by atoms with Crippen LogP contribution in [-0.4, -0.2) is 7.05 Å². The number of anilines is 2. The van der Waals surface area contributed by atoms with Crippen LogP contribution in [0.3, 0.4) is 0 Å². The standard InChI is InChI=1S/C12H13FN2O/c1-15(8-10-3-2-6-16-10)12-5-4-9(14)7-11(12)13/h2-7H,8,14H2,1H3. The molecule has 2 N–H and O–H groups in total. The van der Waals surface area contributed by atoms with Crippen LogP contribution in [0.15, 0.2) is 41.0 Å². The molecule has 0 aliphatic carbocycles. The Kier molecular flexibility index (Phi) is 2.81. The van der Waals surface area contributed by atoms with E-state index in [-0.39, 0.29) is 5.82 Å². The predicted octanol–water partition coefficient (Wildman–Crippen LogP) is 2.64. The minimum absolute atomic E-state index is 0.325. The van der Waals surface area contributed by atoms with Gasteiger partial charge in [0.15, 0.2) is 0 Å². The molecule has 0 aliphatic heterocycles. The summed E-state index contributed by atoms with van der Waals surface area (Å²) in [7, 11) is 1.80. The Morgan fingerprint density at radius 3 is 2.81 bits per heavy atom. The molecular weight excluding hydrogens is 207 g/mol. The molecule has 0 bridgehead atoms. The van der Waals surface area contributed by atoms with Crippen molar-refractivity contribution < 1.29 is 8.81 Å². The van der Waals surface area contributed by atoms with E-state index in [1.54, 1.807) is 30.3 Å². The van der Waals surface area contributed by atoms with E-state index in [0.717, 1.165) is 5.76 Å². The predicted molar refractivity (Wildman–Crippen MR) is 61.6 cm³/mol. The van der Waals surface area contributed by atoms with Gasteiger partial charge in [0.2, 0.25) is 0 Å². The minimum atomic E-state index is -0.325. The van der Waals surface area contributed by atoms with Crippen molar-refractivity contribution in [3.63, 3.8) is 0 Å². The largest absolute Gasteiger partial charge is 0.467 e. The van der Waals surface area contributed by atoms with Crippen LogP contribution < -0.4 is 10.6 Å². The van der Waals surface area contributed by atoms with Gasteiger partial charge >= 0.3 is 0 Å². The van der Waals surface area contributed by atoms with E-state index in [4.69, 9.17) is 10.2 Å². The van der Waals surface area contributed by atoms with E-state index in [2.05, 4.69) is 0 Å². The van der Waals surface area contributed by atoms with E-state index in [1.165, 1.54) is 6.07 Å². The first-order chi connectivity index (χ1) is 7.66. The summed E-state index contributed by atoms with van der Waals surface area (Å²) in [6.07, 6.45) is 1.60. The van der Waals surface area contributed by atoms with Crippen LogP contribution in [0.25, 0.3) is 0 Å². The van der Waals surface area contributed by atoms with E-state index in [0.29, 0.717) is 17.9 Å². The molecule has 0 saturated carbocycles. The number of nitrogens with two attached hydrogens (primary N) is 1. The Labute approximate surface area is 93.3 Å². The lowest BCUT2D eigenvalue weighted by Crippen LogP contribution is -2.17. The molecule has 1 heterocycles. The molecule has 84 valence electrons. The van der Waals surface area contributed by atoms with Crippen molar-refractivity contribution in [1.29, 1.82) is 0 Å². The number of benzene rings is 1. The summed E-state index contributed by atoms with van der Waals surface area (Å²) in [5.41, 5.74) is 6.42. The Morgan fingerprint density at radius 1 is 1.38 bits per heavy atom. The number of rotatable bonds is 3. The third kappa shape index (κ3) is 2.16. The molecule has 16 heavy (non-hydrogen) atoms. The number of furan rings is 1. The van der Waals surface area contributed by atoms with Gasteiger partial charge < -0.3 is 15.1 Å². The molecule has 2 rings (SSSR count). The zero-order valence-electron chi connectivity index (χ0n) is 8.98. The molecule has 0 fully saturated rings. The lowest BCUT2D eigenvalue weighted by atomic mass is 10.2. The van der Waals surface area contributed by atoms with Crippen LogP contribution in [0.4, 0.5) is 15.8 Å². The molecule has 1 aromatic carbocycles. The maximum absolute atomic E-state index is 13.6. The fourth-order valence-corrected chi connectivity index (χ4v) is 1.55. The van der Waals surface area contributed by atoms with Crippen LogP contribution in [0.2, 0.25) is 0 Å². The summed E-state index contributed by atoms with van der Waals surface area (Å²) in [4.78, 5) is 1.77. The molecule has 2 aromatic rings. The van der Waals surface area contributed by atoms with Crippen molar-refractivity contribution in [2.24, 2.45) is 0 Å². The molecule has 1 aromatic heterocycles. The molecule has 0 saturated heterocycles. The number of hydrogen-bond acceptors (Lipinski definition) is 3. The lowest BCUT2D eigenvalue weighted by Gasteiger charge is -2.18. The van der Waals surface area contributed by atoms with Crippen molar-refractivity contribution >= 4 is 11.4 Å². The quantitative estimate of drug-likeness (QED) is 0.808.